The van der Waals surface area contributed by atoms with E-state index >= 15 is 0 Å². The number of carbonyl (C=O) groups excluding carboxylic acids is 1. The van der Waals surface area contributed by atoms with Gasteiger partial charge in [0, 0.05) is 11.4 Å². The van der Waals surface area contributed by atoms with Crippen molar-refractivity contribution in [2.75, 3.05) is 6.61 Å². The summed E-state index contributed by atoms with van der Waals surface area (Å²) in [6.07, 6.45) is 5.35. The topological polar surface area (TPSA) is 42.1 Å². The number of H-pyrrole nitrogens is 1. The Balaban J connectivity index is 2.40. The summed E-state index contributed by atoms with van der Waals surface area (Å²) in [4.78, 5) is 15.3. The first-order chi connectivity index (χ1) is 7.77. The number of esters is 1. The summed E-state index contributed by atoms with van der Waals surface area (Å²) in [6.45, 7) is 4.37. The number of hydrogen-bond acceptors (Lipinski definition) is 2. The fraction of sp³-hybridized carbons (Fsp3) is 0.615. The Morgan fingerprint density at radius 3 is 2.75 bits per heavy atom. The fourth-order valence-corrected chi connectivity index (χ4v) is 2.46. The molecule has 0 saturated carbocycles. The lowest BCUT2D eigenvalue weighted by molar-refractivity contribution is 0.0524. The number of rotatable bonds is 3. The van der Waals surface area contributed by atoms with Crippen molar-refractivity contribution in [3.05, 3.63) is 22.5 Å². The summed E-state index contributed by atoms with van der Waals surface area (Å²) < 4.78 is 5.14. The zero-order valence-corrected chi connectivity index (χ0v) is 10.1. The van der Waals surface area contributed by atoms with Gasteiger partial charge in [-0.3, -0.25) is 0 Å². The number of aromatic amines is 1. The minimum Gasteiger partial charge on any atom is -0.462 e. The smallest absolute Gasteiger partial charge is 0.340 e. The summed E-state index contributed by atoms with van der Waals surface area (Å²) in [5.41, 5.74) is 4.33. The number of nitrogens with one attached hydrogen (secondary N) is 1. The number of aryl methyl sites for hydroxylation is 2. The Morgan fingerprint density at radius 1 is 1.31 bits per heavy atom. The van der Waals surface area contributed by atoms with E-state index in [0.717, 1.165) is 30.5 Å². The van der Waals surface area contributed by atoms with E-state index in [1.165, 1.54) is 24.1 Å². The normalized spacial score (nSPS) is 14.6. The van der Waals surface area contributed by atoms with Crippen molar-refractivity contribution >= 4 is 5.97 Å². The molecule has 2 rings (SSSR count). The molecule has 0 saturated heterocycles. The molecule has 0 radical (unpaired) electrons. The first-order valence-electron chi connectivity index (χ1n) is 6.17. The molecule has 1 aromatic rings. The predicted octanol–water partition coefficient (Wildman–Crippen LogP) is 2.63. The van der Waals surface area contributed by atoms with Crippen LogP contribution in [-0.2, 0) is 24.0 Å². The largest absolute Gasteiger partial charge is 0.462 e. The van der Waals surface area contributed by atoms with Crippen LogP contribution in [0.25, 0.3) is 0 Å². The van der Waals surface area contributed by atoms with Crippen molar-refractivity contribution in [1.29, 1.82) is 0 Å². The molecule has 1 aliphatic rings. The fourth-order valence-electron chi connectivity index (χ4n) is 2.46. The third-order valence-electron chi connectivity index (χ3n) is 3.21. The van der Waals surface area contributed by atoms with E-state index in [2.05, 4.69) is 11.9 Å². The molecule has 0 unspecified atom stereocenters. The summed E-state index contributed by atoms with van der Waals surface area (Å²) in [5.74, 6) is -0.154. The van der Waals surface area contributed by atoms with E-state index in [4.69, 9.17) is 4.74 Å². The summed E-state index contributed by atoms with van der Waals surface area (Å²) in [6, 6.07) is 0. The van der Waals surface area contributed by atoms with Crippen molar-refractivity contribution in [2.24, 2.45) is 0 Å². The van der Waals surface area contributed by atoms with Gasteiger partial charge in [-0.1, -0.05) is 6.92 Å². The van der Waals surface area contributed by atoms with Crippen LogP contribution in [0.4, 0.5) is 0 Å². The van der Waals surface area contributed by atoms with Crippen LogP contribution in [0.1, 0.15) is 54.0 Å². The standard InChI is InChI=1S/C13H19NO2/c1-3-10-12(13(15)16-4-2)9-7-5-6-8-11(9)14-10/h14H,3-8H2,1-2H3. The molecule has 0 fully saturated rings. The van der Waals surface area contributed by atoms with Gasteiger partial charge in [0.2, 0.25) is 0 Å². The van der Waals surface area contributed by atoms with E-state index in [1.807, 2.05) is 6.92 Å². The second kappa shape index (κ2) is 4.73. The molecule has 88 valence electrons. The lowest BCUT2D eigenvalue weighted by atomic mass is 9.94. The maximum absolute atomic E-state index is 11.9. The molecule has 0 spiro atoms. The van der Waals surface area contributed by atoms with Crippen molar-refractivity contribution in [1.82, 2.24) is 4.98 Å². The van der Waals surface area contributed by atoms with Crippen molar-refractivity contribution in [3.8, 4) is 0 Å². The predicted molar refractivity (Wildman–Crippen MR) is 62.8 cm³/mol. The maximum Gasteiger partial charge on any atom is 0.340 e. The second-order valence-electron chi connectivity index (χ2n) is 4.22. The van der Waals surface area contributed by atoms with Crippen molar-refractivity contribution in [3.63, 3.8) is 0 Å². The number of hydrogen-bond donors (Lipinski definition) is 1. The van der Waals surface area contributed by atoms with Crippen LogP contribution in [0.2, 0.25) is 0 Å². The monoisotopic (exact) mass is 221 g/mol. The molecule has 16 heavy (non-hydrogen) atoms. The number of carbonyl (C=O) groups is 1. The van der Waals surface area contributed by atoms with Crippen LogP contribution < -0.4 is 0 Å². The van der Waals surface area contributed by atoms with Gasteiger partial charge in [-0.05, 0) is 44.6 Å². The van der Waals surface area contributed by atoms with Gasteiger partial charge < -0.3 is 9.72 Å². The average Bonchev–Trinajstić information content (AvgIpc) is 2.67. The lowest BCUT2D eigenvalue weighted by Gasteiger charge is -2.12. The zero-order chi connectivity index (χ0) is 11.5. The highest BCUT2D eigenvalue weighted by atomic mass is 16.5. The Hall–Kier alpha value is -1.25. The molecule has 0 amide bonds. The molecular weight excluding hydrogens is 202 g/mol. The molecule has 0 aliphatic heterocycles. The Labute approximate surface area is 96.2 Å². The third kappa shape index (κ3) is 1.86. The van der Waals surface area contributed by atoms with Crippen LogP contribution in [0, 0.1) is 0 Å². The SMILES string of the molecule is CCOC(=O)c1c(CC)[nH]c2c1CCCC2. The molecule has 1 heterocycles. The minimum atomic E-state index is -0.154. The number of ether oxygens (including phenoxy) is 1. The van der Waals surface area contributed by atoms with Gasteiger partial charge >= 0.3 is 5.97 Å². The Kier molecular flexibility index (Phi) is 3.32. The molecule has 0 aromatic carbocycles. The van der Waals surface area contributed by atoms with E-state index in [-0.39, 0.29) is 5.97 Å². The van der Waals surface area contributed by atoms with Crippen molar-refractivity contribution < 1.29 is 9.53 Å². The molecule has 1 aromatic heterocycles. The number of aromatic nitrogens is 1. The molecule has 0 bridgehead atoms. The van der Waals surface area contributed by atoms with E-state index in [0.29, 0.717) is 6.61 Å². The first kappa shape index (κ1) is 11.2. The molecule has 1 N–H and O–H groups in total. The average molecular weight is 221 g/mol. The highest BCUT2D eigenvalue weighted by Gasteiger charge is 2.24. The molecule has 3 nitrogen and oxygen atoms in total. The second-order valence-corrected chi connectivity index (χ2v) is 4.22. The molecular formula is C13H19NO2. The molecule has 0 atom stereocenters. The summed E-state index contributed by atoms with van der Waals surface area (Å²) in [7, 11) is 0. The van der Waals surface area contributed by atoms with Crippen LogP contribution in [0.15, 0.2) is 0 Å². The molecule has 3 heteroatoms. The maximum atomic E-state index is 11.9. The quantitative estimate of drug-likeness (QED) is 0.797. The van der Waals surface area contributed by atoms with Gasteiger partial charge in [0.05, 0.1) is 12.2 Å². The van der Waals surface area contributed by atoms with Gasteiger partial charge in [-0.25, -0.2) is 4.79 Å². The van der Waals surface area contributed by atoms with Crippen LogP contribution in [0.5, 0.6) is 0 Å². The van der Waals surface area contributed by atoms with Gasteiger partial charge in [-0.2, -0.15) is 0 Å². The minimum absolute atomic E-state index is 0.154. The van der Waals surface area contributed by atoms with E-state index < -0.39 is 0 Å². The summed E-state index contributed by atoms with van der Waals surface area (Å²) >= 11 is 0. The third-order valence-corrected chi connectivity index (χ3v) is 3.21. The van der Waals surface area contributed by atoms with Gasteiger partial charge in [0.15, 0.2) is 0 Å². The van der Waals surface area contributed by atoms with E-state index in [9.17, 15) is 4.79 Å². The lowest BCUT2D eigenvalue weighted by Crippen LogP contribution is -2.10. The van der Waals surface area contributed by atoms with Crippen LogP contribution >= 0.6 is 0 Å². The van der Waals surface area contributed by atoms with E-state index in [1.54, 1.807) is 0 Å². The molecule has 1 aliphatic carbocycles. The van der Waals surface area contributed by atoms with Crippen LogP contribution in [-0.4, -0.2) is 17.6 Å². The Bertz CT molecular complexity index is 393. The van der Waals surface area contributed by atoms with Crippen LogP contribution in [0.3, 0.4) is 0 Å². The summed E-state index contributed by atoms with van der Waals surface area (Å²) in [5, 5.41) is 0. The van der Waals surface area contributed by atoms with Gasteiger partial charge in [0.1, 0.15) is 0 Å². The number of fused-ring (bicyclic) bond motifs is 1. The van der Waals surface area contributed by atoms with Gasteiger partial charge in [-0.15, -0.1) is 0 Å². The van der Waals surface area contributed by atoms with Gasteiger partial charge in [0.25, 0.3) is 0 Å². The highest BCUT2D eigenvalue weighted by molar-refractivity contribution is 5.93. The highest BCUT2D eigenvalue weighted by Crippen LogP contribution is 2.27. The zero-order valence-electron chi connectivity index (χ0n) is 10.1. The van der Waals surface area contributed by atoms with Crippen molar-refractivity contribution in [2.45, 2.75) is 46.0 Å². The first-order valence-corrected chi connectivity index (χ1v) is 6.17. The Morgan fingerprint density at radius 2 is 2.06 bits per heavy atom.